The Hall–Kier alpha value is -2.80. The summed E-state index contributed by atoms with van der Waals surface area (Å²) in [6.45, 7) is 14.0. The molecule has 0 fully saturated rings. The predicted molar refractivity (Wildman–Crippen MR) is 138 cm³/mol. The van der Waals surface area contributed by atoms with Gasteiger partial charge in [-0.1, -0.05) is 81.4 Å². The van der Waals surface area contributed by atoms with Crippen molar-refractivity contribution >= 4 is 17.7 Å². The average molecular weight is 481 g/mol. The summed E-state index contributed by atoms with van der Waals surface area (Å²) in [4.78, 5) is 12.4. The fourth-order valence-corrected chi connectivity index (χ4v) is 4.30. The van der Waals surface area contributed by atoms with E-state index in [9.17, 15) is 4.79 Å². The van der Waals surface area contributed by atoms with Gasteiger partial charge in [0.1, 0.15) is 5.75 Å². The Morgan fingerprint density at radius 2 is 1.68 bits per heavy atom. The Balaban J connectivity index is 1.63. The molecule has 1 amide bonds. The summed E-state index contributed by atoms with van der Waals surface area (Å²) in [5, 5.41) is 12.5. The number of carbonyl (C=O) groups excluding carboxylic acids is 1. The zero-order valence-corrected chi connectivity index (χ0v) is 21.9. The molecule has 0 bridgehead atoms. The third-order valence-corrected chi connectivity index (χ3v) is 6.43. The molecule has 0 saturated carbocycles. The van der Waals surface area contributed by atoms with Crippen LogP contribution in [0.4, 0.5) is 0 Å². The lowest BCUT2D eigenvalue weighted by atomic mass is 10.0. The summed E-state index contributed by atoms with van der Waals surface area (Å²) in [6, 6.07) is 16.4. The fourth-order valence-electron chi connectivity index (χ4n) is 3.52. The summed E-state index contributed by atoms with van der Waals surface area (Å²) in [6.07, 6.45) is -0.263. The van der Waals surface area contributed by atoms with Crippen molar-refractivity contribution in [3.05, 3.63) is 71.0 Å². The molecule has 182 valence electrons. The molecular formula is C27H36N4O2S. The zero-order valence-electron chi connectivity index (χ0n) is 21.0. The van der Waals surface area contributed by atoms with Gasteiger partial charge in [-0.05, 0) is 48.9 Å². The molecule has 7 heteroatoms. The zero-order chi connectivity index (χ0) is 24.7. The number of carbonyl (C=O) groups is 1. The first-order valence-electron chi connectivity index (χ1n) is 11.9. The van der Waals surface area contributed by atoms with Crippen molar-refractivity contribution in [1.82, 2.24) is 20.1 Å². The summed E-state index contributed by atoms with van der Waals surface area (Å²) in [5.41, 5.74) is 3.57. The molecule has 2 aromatic carbocycles. The smallest absolute Gasteiger partial charge is 0.230 e. The van der Waals surface area contributed by atoms with Crippen molar-refractivity contribution in [2.75, 3.05) is 5.75 Å². The van der Waals surface area contributed by atoms with Crippen LogP contribution in [0.5, 0.6) is 5.75 Å². The first kappa shape index (κ1) is 25.8. The van der Waals surface area contributed by atoms with Gasteiger partial charge in [-0.3, -0.25) is 4.79 Å². The number of nitrogens with one attached hydrogen (secondary N) is 1. The molecule has 0 spiro atoms. The van der Waals surface area contributed by atoms with Crippen LogP contribution in [0.3, 0.4) is 0 Å². The first-order chi connectivity index (χ1) is 16.2. The van der Waals surface area contributed by atoms with Crippen LogP contribution in [0, 0.1) is 12.8 Å². The van der Waals surface area contributed by atoms with E-state index in [1.165, 1.54) is 22.9 Å². The van der Waals surface area contributed by atoms with Gasteiger partial charge in [-0.15, -0.1) is 10.2 Å². The number of hydrogen-bond donors (Lipinski definition) is 1. The largest absolute Gasteiger partial charge is 0.483 e. The fraction of sp³-hybridized carbons (Fsp3) is 0.444. The first-order valence-corrected chi connectivity index (χ1v) is 12.9. The van der Waals surface area contributed by atoms with Crippen molar-refractivity contribution in [1.29, 1.82) is 0 Å². The Morgan fingerprint density at radius 1 is 1.00 bits per heavy atom. The van der Waals surface area contributed by atoms with Crippen LogP contribution < -0.4 is 10.1 Å². The highest BCUT2D eigenvalue weighted by atomic mass is 32.2. The van der Waals surface area contributed by atoms with Crippen LogP contribution >= 0.6 is 11.8 Å². The molecule has 34 heavy (non-hydrogen) atoms. The van der Waals surface area contributed by atoms with Gasteiger partial charge in [0.05, 0.1) is 5.75 Å². The van der Waals surface area contributed by atoms with Crippen molar-refractivity contribution in [2.45, 2.75) is 71.8 Å². The van der Waals surface area contributed by atoms with Crippen LogP contribution in [0.2, 0.25) is 0 Å². The highest BCUT2D eigenvalue weighted by molar-refractivity contribution is 7.99. The van der Waals surface area contributed by atoms with Gasteiger partial charge in [0, 0.05) is 13.1 Å². The number of thioether (sulfide) groups is 1. The highest BCUT2D eigenvalue weighted by Gasteiger charge is 2.21. The Kier molecular flexibility index (Phi) is 9.16. The van der Waals surface area contributed by atoms with Gasteiger partial charge in [0.2, 0.25) is 5.91 Å². The lowest BCUT2D eigenvalue weighted by Crippen LogP contribution is -2.24. The molecule has 1 heterocycles. The van der Waals surface area contributed by atoms with Gasteiger partial charge in [-0.25, -0.2) is 0 Å². The molecule has 3 aromatic rings. The van der Waals surface area contributed by atoms with Crippen molar-refractivity contribution in [3.63, 3.8) is 0 Å². The van der Waals surface area contributed by atoms with Gasteiger partial charge in [0.15, 0.2) is 17.1 Å². The quantitative estimate of drug-likeness (QED) is 0.345. The van der Waals surface area contributed by atoms with Crippen LogP contribution in [-0.4, -0.2) is 26.4 Å². The molecule has 6 nitrogen and oxygen atoms in total. The number of benzene rings is 2. The Labute approximate surface area is 207 Å². The summed E-state index contributed by atoms with van der Waals surface area (Å²) < 4.78 is 8.26. The third-order valence-electron chi connectivity index (χ3n) is 5.46. The molecule has 0 saturated heterocycles. The average Bonchev–Trinajstić information content (AvgIpc) is 3.19. The molecule has 1 unspecified atom stereocenters. The van der Waals surface area contributed by atoms with Gasteiger partial charge >= 0.3 is 0 Å². The van der Waals surface area contributed by atoms with Gasteiger partial charge < -0.3 is 14.6 Å². The maximum Gasteiger partial charge on any atom is 0.230 e. The minimum absolute atomic E-state index is 0.0271. The highest BCUT2D eigenvalue weighted by Crippen LogP contribution is 2.26. The molecule has 3 rings (SSSR count). The maximum atomic E-state index is 12.4. The molecule has 0 radical (unpaired) electrons. The van der Waals surface area contributed by atoms with Crippen molar-refractivity contribution < 1.29 is 9.53 Å². The van der Waals surface area contributed by atoms with E-state index in [2.05, 4.69) is 66.8 Å². The molecule has 1 aromatic heterocycles. The monoisotopic (exact) mass is 480 g/mol. The number of nitrogens with zero attached hydrogens (tertiary/aromatic N) is 3. The van der Waals surface area contributed by atoms with E-state index in [0.717, 1.165) is 28.8 Å². The minimum atomic E-state index is -0.263. The minimum Gasteiger partial charge on any atom is -0.483 e. The lowest BCUT2D eigenvalue weighted by Gasteiger charge is -2.18. The second-order valence-corrected chi connectivity index (χ2v) is 10.3. The van der Waals surface area contributed by atoms with Gasteiger partial charge in [0.25, 0.3) is 0 Å². The summed E-state index contributed by atoms with van der Waals surface area (Å²) >= 11 is 1.41. The van der Waals surface area contributed by atoms with Crippen molar-refractivity contribution in [3.8, 4) is 5.75 Å². The SMILES string of the molecule is Cc1ccc(CNC(=O)CSc2nnc(C(C)Oc3ccc(C(C)C)cc3)n2CC(C)C)cc1. The molecule has 1 atom stereocenters. The van der Waals surface area contributed by atoms with Crippen molar-refractivity contribution in [2.24, 2.45) is 5.92 Å². The second-order valence-electron chi connectivity index (χ2n) is 9.38. The standard InChI is InChI=1S/C27H36N4O2S/c1-18(2)16-31-26(21(6)33-24-13-11-23(12-14-24)19(3)4)29-30-27(31)34-17-25(32)28-15-22-9-7-20(5)8-10-22/h7-14,18-19,21H,15-17H2,1-6H3,(H,28,32). The van der Waals surface area contributed by atoms with E-state index in [4.69, 9.17) is 4.74 Å². The number of rotatable bonds is 11. The number of aryl methyl sites for hydroxylation is 1. The number of hydrogen-bond acceptors (Lipinski definition) is 5. The van der Waals surface area contributed by atoms with E-state index >= 15 is 0 Å². The predicted octanol–water partition coefficient (Wildman–Crippen LogP) is 5.91. The molecular weight excluding hydrogens is 444 g/mol. The van der Waals surface area contributed by atoms with Crippen LogP contribution in [0.1, 0.15) is 69.2 Å². The number of aromatic nitrogens is 3. The van der Waals surface area contributed by atoms with Crippen LogP contribution in [0.15, 0.2) is 53.7 Å². The molecule has 0 aliphatic carbocycles. The van der Waals surface area contributed by atoms with Crippen LogP contribution in [-0.2, 0) is 17.9 Å². The topological polar surface area (TPSA) is 69.0 Å². The Bertz CT molecular complexity index is 1060. The second kappa shape index (κ2) is 12.1. The summed E-state index contributed by atoms with van der Waals surface area (Å²) in [7, 11) is 0. The Morgan fingerprint density at radius 3 is 2.29 bits per heavy atom. The molecule has 0 aliphatic heterocycles. The lowest BCUT2D eigenvalue weighted by molar-refractivity contribution is -0.118. The summed E-state index contributed by atoms with van der Waals surface area (Å²) in [5.74, 6) is 2.72. The molecule has 1 N–H and O–H groups in total. The van der Waals surface area contributed by atoms with E-state index in [-0.39, 0.29) is 17.8 Å². The van der Waals surface area contributed by atoms with E-state index < -0.39 is 0 Å². The third kappa shape index (κ3) is 7.35. The van der Waals surface area contributed by atoms with E-state index in [1.807, 2.05) is 43.3 Å². The van der Waals surface area contributed by atoms with Crippen LogP contribution in [0.25, 0.3) is 0 Å². The van der Waals surface area contributed by atoms with E-state index in [1.54, 1.807) is 0 Å². The maximum absolute atomic E-state index is 12.4. The van der Waals surface area contributed by atoms with Gasteiger partial charge in [-0.2, -0.15) is 0 Å². The number of amides is 1. The molecule has 0 aliphatic rings. The normalized spacial score (nSPS) is 12.2. The number of ether oxygens (including phenoxy) is 1. The van der Waals surface area contributed by atoms with E-state index in [0.29, 0.717) is 18.4 Å².